The molecule has 1 heterocycles. The van der Waals surface area contributed by atoms with E-state index in [0.29, 0.717) is 5.75 Å². The third-order valence-electron chi connectivity index (χ3n) is 2.87. The molecular formula is C13H18N2O3. The van der Waals surface area contributed by atoms with Crippen LogP contribution in [0.3, 0.4) is 0 Å². The molecule has 5 heteroatoms. The van der Waals surface area contributed by atoms with E-state index in [2.05, 4.69) is 5.32 Å². The number of ether oxygens (including phenoxy) is 2. The molecule has 0 unspecified atom stereocenters. The van der Waals surface area contributed by atoms with Crippen LogP contribution in [0.5, 0.6) is 11.5 Å². The number of rotatable bonds is 4. The number of carbonyl (C=O) groups excluding carboxylic acids is 1. The van der Waals surface area contributed by atoms with Gasteiger partial charge in [0.05, 0.1) is 7.11 Å². The number of hydrogen-bond acceptors (Lipinski definition) is 4. The average Bonchev–Trinajstić information content (AvgIpc) is 2.46. The lowest BCUT2D eigenvalue weighted by atomic mass is 10.3. The van der Waals surface area contributed by atoms with Gasteiger partial charge in [0.25, 0.3) is 5.91 Å². The van der Waals surface area contributed by atoms with Gasteiger partial charge in [-0.1, -0.05) is 6.07 Å². The van der Waals surface area contributed by atoms with Gasteiger partial charge in [0, 0.05) is 32.2 Å². The van der Waals surface area contributed by atoms with E-state index >= 15 is 0 Å². The number of benzene rings is 1. The van der Waals surface area contributed by atoms with Crippen LogP contribution in [0.25, 0.3) is 0 Å². The Morgan fingerprint density at radius 1 is 1.33 bits per heavy atom. The van der Waals surface area contributed by atoms with Crippen molar-refractivity contribution < 1.29 is 14.3 Å². The molecule has 1 N–H and O–H groups in total. The van der Waals surface area contributed by atoms with Gasteiger partial charge in [0.2, 0.25) is 0 Å². The fourth-order valence-electron chi connectivity index (χ4n) is 1.84. The Labute approximate surface area is 107 Å². The van der Waals surface area contributed by atoms with Crippen molar-refractivity contribution in [1.29, 1.82) is 0 Å². The largest absolute Gasteiger partial charge is 0.497 e. The first-order valence-electron chi connectivity index (χ1n) is 6.05. The number of piperazine rings is 1. The van der Waals surface area contributed by atoms with Gasteiger partial charge in [-0.25, -0.2) is 0 Å². The molecule has 98 valence electrons. The van der Waals surface area contributed by atoms with Crippen LogP contribution < -0.4 is 14.8 Å². The highest BCUT2D eigenvalue weighted by atomic mass is 16.5. The van der Waals surface area contributed by atoms with E-state index < -0.39 is 0 Å². The van der Waals surface area contributed by atoms with Crippen LogP contribution in [-0.2, 0) is 4.79 Å². The maximum atomic E-state index is 11.9. The third-order valence-corrected chi connectivity index (χ3v) is 2.87. The van der Waals surface area contributed by atoms with Gasteiger partial charge in [-0.15, -0.1) is 0 Å². The van der Waals surface area contributed by atoms with E-state index in [1.54, 1.807) is 13.2 Å². The van der Waals surface area contributed by atoms with E-state index in [9.17, 15) is 4.79 Å². The predicted molar refractivity (Wildman–Crippen MR) is 67.9 cm³/mol. The van der Waals surface area contributed by atoms with Crippen LogP contribution in [-0.4, -0.2) is 50.7 Å². The summed E-state index contributed by atoms with van der Waals surface area (Å²) in [5, 5.41) is 3.21. The summed E-state index contributed by atoms with van der Waals surface area (Å²) in [5.74, 6) is 1.40. The number of nitrogens with zero attached hydrogens (tertiary/aromatic N) is 1. The van der Waals surface area contributed by atoms with Crippen LogP contribution >= 0.6 is 0 Å². The summed E-state index contributed by atoms with van der Waals surface area (Å²) in [6, 6.07) is 7.26. The molecule has 18 heavy (non-hydrogen) atoms. The highest BCUT2D eigenvalue weighted by Gasteiger charge is 2.16. The minimum Gasteiger partial charge on any atom is -0.497 e. The second kappa shape index (κ2) is 6.26. The number of methoxy groups -OCH3 is 1. The van der Waals surface area contributed by atoms with E-state index in [1.165, 1.54) is 0 Å². The predicted octanol–water partition coefficient (Wildman–Crippen LogP) is 0.506. The molecule has 0 aliphatic carbocycles. The first-order valence-corrected chi connectivity index (χ1v) is 6.05. The van der Waals surface area contributed by atoms with Crippen LogP contribution in [0.1, 0.15) is 0 Å². The van der Waals surface area contributed by atoms with Gasteiger partial charge in [-0.3, -0.25) is 4.79 Å². The fraction of sp³-hybridized carbons (Fsp3) is 0.462. The Hall–Kier alpha value is -1.75. The van der Waals surface area contributed by atoms with Gasteiger partial charge < -0.3 is 19.7 Å². The highest BCUT2D eigenvalue weighted by Crippen LogP contribution is 2.18. The zero-order chi connectivity index (χ0) is 12.8. The van der Waals surface area contributed by atoms with Gasteiger partial charge in [-0.2, -0.15) is 0 Å². The van der Waals surface area contributed by atoms with Crippen molar-refractivity contribution >= 4 is 5.91 Å². The lowest BCUT2D eigenvalue weighted by Gasteiger charge is -2.27. The summed E-state index contributed by atoms with van der Waals surface area (Å²) < 4.78 is 10.6. The van der Waals surface area contributed by atoms with Gasteiger partial charge >= 0.3 is 0 Å². The molecule has 0 saturated carbocycles. The molecule has 1 aliphatic heterocycles. The van der Waals surface area contributed by atoms with Gasteiger partial charge in [0.1, 0.15) is 11.5 Å². The van der Waals surface area contributed by atoms with Crippen molar-refractivity contribution in [2.45, 2.75) is 0 Å². The Kier molecular flexibility index (Phi) is 4.41. The van der Waals surface area contributed by atoms with Crippen LogP contribution in [0.2, 0.25) is 0 Å². The van der Waals surface area contributed by atoms with Crippen molar-refractivity contribution in [3.05, 3.63) is 24.3 Å². The normalized spacial score (nSPS) is 15.3. The number of carbonyl (C=O) groups is 1. The molecule has 0 bridgehead atoms. The standard InChI is InChI=1S/C13H18N2O3/c1-17-11-3-2-4-12(9-11)18-10-13(16)15-7-5-14-6-8-15/h2-4,9,14H,5-8,10H2,1H3. The molecule has 1 saturated heterocycles. The Balaban J connectivity index is 1.84. The molecule has 0 atom stereocenters. The van der Waals surface area contributed by atoms with Gasteiger partial charge in [-0.05, 0) is 12.1 Å². The first-order chi connectivity index (χ1) is 8.79. The molecule has 1 fully saturated rings. The molecule has 2 rings (SSSR count). The lowest BCUT2D eigenvalue weighted by Crippen LogP contribution is -2.47. The Morgan fingerprint density at radius 3 is 2.78 bits per heavy atom. The molecule has 0 spiro atoms. The summed E-state index contributed by atoms with van der Waals surface area (Å²) >= 11 is 0. The average molecular weight is 250 g/mol. The zero-order valence-electron chi connectivity index (χ0n) is 10.5. The smallest absolute Gasteiger partial charge is 0.260 e. The third kappa shape index (κ3) is 3.37. The molecule has 5 nitrogen and oxygen atoms in total. The molecule has 0 radical (unpaired) electrons. The molecule has 0 aromatic heterocycles. The summed E-state index contributed by atoms with van der Waals surface area (Å²) in [6.07, 6.45) is 0. The summed E-state index contributed by atoms with van der Waals surface area (Å²) in [4.78, 5) is 13.7. The fourth-order valence-corrected chi connectivity index (χ4v) is 1.84. The molecule has 1 aromatic rings. The van der Waals surface area contributed by atoms with Crippen molar-refractivity contribution in [3.63, 3.8) is 0 Å². The number of nitrogens with one attached hydrogen (secondary N) is 1. The summed E-state index contributed by atoms with van der Waals surface area (Å²) in [7, 11) is 1.60. The highest BCUT2D eigenvalue weighted by molar-refractivity contribution is 5.77. The maximum Gasteiger partial charge on any atom is 0.260 e. The summed E-state index contributed by atoms with van der Waals surface area (Å²) in [5.41, 5.74) is 0. The van der Waals surface area contributed by atoms with Crippen LogP contribution in [0, 0.1) is 0 Å². The molecule has 1 aliphatic rings. The minimum atomic E-state index is 0.0271. The number of amides is 1. The summed E-state index contributed by atoms with van der Waals surface area (Å²) in [6.45, 7) is 3.28. The molecule has 1 aromatic carbocycles. The maximum absolute atomic E-state index is 11.9. The van der Waals surface area contributed by atoms with Crippen molar-refractivity contribution in [1.82, 2.24) is 10.2 Å². The van der Waals surface area contributed by atoms with Crippen molar-refractivity contribution in [2.75, 3.05) is 39.9 Å². The van der Waals surface area contributed by atoms with Crippen molar-refractivity contribution in [3.8, 4) is 11.5 Å². The first kappa shape index (κ1) is 12.7. The second-order valence-corrected chi connectivity index (χ2v) is 4.10. The molecular weight excluding hydrogens is 232 g/mol. The Morgan fingerprint density at radius 2 is 2.06 bits per heavy atom. The van der Waals surface area contributed by atoms with Crippen LogP contribution in [0.15, 0.2) is 24.3 Å². The monoisotopic (exact) mass is 250 g/mol. The lowest BCUT2D eigenvalue weighted by molar-refractivity contribution is -0.133. The minimum absolute atomic E-state index is 0.0271. The zero-order valence-corrected chi connectivity index (χ0v) is 10.5. The second-order valence-electron chi connectivity index (χ2n) is 4.10. The van der Waals surface area contributed by atoms with E-state index in [0.717, 1.165) is 31.9 Å². The quantitative estimate of drug-likeness (QED) is 0.845. The van der Waals surface area contributed by atoms with E-state index in [-0.39, 0.29) is 12.5 Å². The van der Waals surface area contributed by atoms with E-state index in [4.69, 9.17) is 9.47 Å². The van der Waals surface area contributed by atoms with Gasteiger partial charge in [0.15, 0.2) is 6.61 Å². The van der Waals surface area contributed by atoms with Crippen molar-refractivity contribution in [2.24, 2.45) is 0 Å². The van der Waals surface area contributed by atoms with Crippen LogP contribution in [0.4, 0.5) is 0 Å². The number of hydrogen-bond donors (Lipinski definition) is 1. The Bertz CT molecular complexity index is 403. The SMILES string of the molecule is COc1cccc(OCC(=O)N2CCNCC2)c1. The van der Waals surface area contributed by atoms with E-state index in [1.807, 2.05) is 23.1 Å². The molecule has 1 amide bonds. The topological polar surface area (TPSA) is 50.8 Å².